The second kappa shape index (κ2) is 6.52. The van der Waals surface area contributed by atoms with Crippen molar-refractivity contribution in [1.29, 1.82) is 0 Å². The van der Waals surface area contributed by atoms with Crippen molar-refractivity contribution in [2.75, 3.05) is 0 Å². The largest absolute Gasteiger partial charge is 0.465 e. The van der Waals surface area contributed by atoms with Crippen molar-refractivity contribution in [2.24, 2.45) is 0 Å². The van der Waals surface area contributed by atoms with E-state index in [-0.39, 0.29) is 23.6 Å². The monoisotopic (exact) mass is 310 g/mol. The molecule has 0 radical (unpaired) electrons. The molecule has 1 aliphatic carbocycles. The predicted octanol–water partition coefficient (Wildman–Crippen LogP) is 2.64. The summed E-state index contributed by atoms with van der Waals surface area (Å²) in [6.07, 6.45) is 5.01. The number of amides is 2. The topological polar surface area (TPSA) is 71.3 Å². The van der Waals surface area contributed by atoms with Crippen LogP contribution >= 0.6 is 0 Å². The van der Waals surface area contributed by atoms with Crippen LogP contribution in [0, 0.1) is 6.92 Å². The summed E-state index contributed by atoms with van der Waals surface area (Å²) in [7, 11) is 0. The third-order valence-electron chi connectivity index (χ3n) is 3.55. The van der Waals surface area contributed by atoms with E-state index < -0.39 is 0 Å². The minimum Gasteiger partial charge on any atom is -0.465 e. The van der Waals surface area contributed by atoms with Crippen LogP contribution in [0.4, 0.5) is 0 Å². The number of carbonyl (C=O) groups is 2. The van der Waals surface area contributed by atoms with Gasteiger partial charge in [-0.05, 0) is 44.0 Å². The maximum atomic E-state index is 12.3. The first-order valence-electron chi connectivity index (χ1n) is 7.56. The zero-order chi connectivity index (χ0) is 16.2. The number of benzene rings is 1. The molecule has 0 bridgehead atoms. The molecule has 5 heteroatoms. The van der Waals surface area contributed by atoms with E-state index in [0.717, 1.165) is 18.4 Å². The molecule has 1 fully saturated rings. The van der Waals surface area contributed by atoms with Crippen molar-refractivity contribution in [2.45, 2.75) is 25.8 Å². The van der Waals surface area contributed by atoms with Gasteiger partial charge in [-0.2, -0.15) is 0 Å². The predicted molar refractivity (Wildman–Crippen MR) is 86.5 cm³/mol. The van der Waals surface area contributed by atoms with Gasteiger partial charge in [0.2, 0.25) is 0 Å². The van der Waals surface area contributed by atoms with Gasteiger partial charge in [0.05, 0.1) is 6.26 Å². The Bertz CT molecular complexity index is 726. The van der Waals surface area contributed by atoms with Gasteiger partial charge < -0.3 is 15.1 Å². The van der Waals surface area contributed by atoms with Gasteiger partial charge in [0.1, 0.15) is 11.5 Å². The quantitative estimate of drug-likeness (QED) is 0.834. The normalized spacial score (nSPS) is 14.4. The zero-order valence-electron chi connectivity index (χ0n) is 12.8. The lowest BCUT2D eigenvalue weighted by Gasteiger charge is -2.10. The molecule has 1 saturated carbocycles. The average molecular weight is 310 g/mol. The minimum absolute atomic E-state index is 0.178. The van der Waals surface area contributed by atoms with E-state index in [0.29, 0.717) is 11.3 Å². The SMILES string of the molecule is Cc1ccc(C(=O)N/C(=C\c2ccco2)C(=O)NC2CC2)cc1. The molecular formula is C18H18N2O3. The van der Waals surface area contributed by atoms with E-state index in [1.165, 1.54) is 12.3 Å². The molecule has 1 aromatic carbocycles. The highest BCUT2D eigenvalue weighted by Gasteiger charge is 2.25. The Labute approximate surface area is 134 Å². The number of rotatable bonds is 5. The van der Waals surface area contributed by atoms with E-state index in [9.17, 15) is 9.59 Å². The molecule has 0 atom stereocenters. The Balaban J connectivity index is 1.78. The minimum atomic E-state index is -0.325. The van der Waals surface area contributed by atoms with Crippen LogP contribution in [-0.2, 0) is 4.79 Å². The van der Waals surface area contributed by atoms with Crippen LogP contribution in [0.3, 0.4) is 0 Å². The maximum Gasteiger partial charge on any atom is 0.268 e. The van der Waals surface area contributed by atoms with Crippen molar-refractivity contribution in [3.05, 3.63) is 65.2 Å². The molecule has 1 aromatic heterocycles. The van der Waals surface area contributed by atoms with Gasteiger partial charge in [0.15, 0.2) is 0 Å². The van der Waals surface area contributed by atoms with Gasteiger partial charge in [0.25, 0.3) is 11.8 Å². The van der Waals surface area contributed by atoms with Crippen LogP contribution in [0.2, 0.25) is 0 Å². The summed E-state index contributed by atoms with van der Waals surface area (Å²) in [5.41, 5.74) is 1.75. The zero-order valence-corrected chi connectivity index (χ0v) is 12.8. The molecule has 23 heavy (non-hydrogen) atoms. The highest BCUT2D eigenvalue weighted by molar-refractivity contribution is 6.05. The van der Waals surface area contributed by atoms with Crippen molar-refractivity contribution >= 4 is 17.9 Å². The smallest absolute Gasteiger partial charge is 0.268 e. The van der Waals surface area contributed by atoms with Crippen LogP contribution in [0.5, 0.6) is 0 Å². The van der Waals surface area contributed by atoms with E-state index >= 15 is 0 Å². The van der Waals surface area contributed by atoms with Gasteiger partial charge in [-0.1, -0.05) is 17.7 Å². The fourth-order valence-corrected chi connectivity index (χ4v) is 2.06. The summed E-state index contributed by atoms with van der Waals surface area (Å²) in [6.45, 7) is 1.95. The maximum absolute atomic E-state index is 12.3. The average Bonchev–Trinajstić information content (AvgIpc) is 3.20. The molecular weight excluding hydrogens is 292 g/mol. The summed E-state index contributed by atoms with van der Waals surface area (Å²) in [5, 5.41) is 5.54. The number of hydrogen-bond acceptors (Lipinski definition) is 3. The Morgan fingerprint density at radius 3 is 2.52 bits per heavy atom. The molecule has 0 aliphatic heterocycles. The number of furan rings is 1. The molecule has 1 heterocycles. The first-order valence-corrected chi connectivity index (χ1v) is 7.56. The van der Waals surface area contributed by atoms with Gasteiger partial charge in [-0.25, -0.2) is 0 Å². The molecule has 118 valence electrons. The Kier molecular flexibility index (Phi) is 4.28. The summed E-state index contributed by atoms with van der Waals surface area (Å²) in [6, 6.07) is 10.8. The van der Waals surface area contributed by atoms with Gasteiger partial charge in [-0.15, -0.1) is 0 Å². The van der Waals surface area contributed by atoms with Crippen molar-refractivity contribution in [1.82, 2.24) is 10.6 Å². The van der Waals surface area contributed by atoms with E-state index in [1.54, 1.807) is 24.3 Å². The summed E-state index contributed by atoms with van der Waals surface area (Å²) >= 11 is 0. The van der Waals surface area contributed by atoms with E-state index in [4.69, 9.17) is 4.42 Å². The molecule has 3 rings (SSSR count). The highest BCUT2D eigenvalue weighted by atomic mass is 16.3. The summed E-state index contributed by atoms with van der Waals surface area (Å²) in [5.74, 6) is -0.117. The number of aryl methyl sites for hydroxylation is 1. The lowest BCUT2D eigenvalue weighted by molar-refractivity contribution is -0.117. The van der Waals surface area contributed by atoms with E-state index in [1.807, 2.05) is 19.1 Å². The van der Waals surface area contributed by atoms with E-state index in [2.05, 4.69) is 10.6 Å². The van der Waals surface area contributed by atoms with Crippen LogP contribution in [0.1, 0.15) is 34.5 Å². The molecule has 0 spiro atoms. The highest BCUT2D eigenvalue weighted by Crippen LogP contribution is 2.19. The Hall–Kier alpha value is -2.82. The fourth-order valence-electron chi connectivity index (χ4n) is 2.06. The van der Waals surface area contributed by atoms with Gasteiger partial charge in [-0.3, -0.25) is 9.59 Å². The van der Waals surface area contributed by atoms with Gasteiger partial charge in [0, 0.05) is 17.7 Å². The van der Waals surface area contributed by atoms with Crippen LogP contribution < -0.4 is 10.6 Å². The molecule has 1 aliphatic rings. The lowest BCUT2D eigenvalue weighted by atomic mass is 10.1. The molecule has 5 nitrogen and oxygen atoms in total. The third kappa shape index (κ3) is 4.10. The lowest BCUT2D eigenvalue weighted by Crippen LogP contribution is -2.35. The molecule has 2 aromatic rings. The second-order valence-electron chi connectivity index (χ2n) is 5.64. The number of nitrogens with one attached hydrogen (secondary N) is 2. The van der Waals surface area contributed by atoms with Crippen molar-refractivity contribution in [3.63, 3.8) is 0 Å². The molecule has 2 N–H and O–H groups in total. The summed E-state index contributed by atoms with van der Waals surface area (Å²) in [4.78, 5) is 24.6. The van der Waals surface area contributed by atoms with Crippen LogP contribution in [0.15, 0.2) is 52.8 Å². The van der Waals surface area contributed by atoms with Crippen LogP contribution in [0.25, 0.3) is 6.08 Å². The molecule has 2 amide bonds. The molecule has 0 unspecified atom stereocenters. The third-order valence-corrected chi connectivity index (χ3v) is 3.55. The number of carbonyl (C=O) groups excluding carboxylic acids is 2. The van der Waals surface area contributed by atoms with Crippen LogP contribution in [-0.4, -0.2) is 17.9 Å². The first kappa shape index (κ1) is 15.1. The number of hydrogen-bond donors (Lipinski definition) is 2. The Morgan fingerprint density at radius 1 is 1.17 bits per heavy atom. The molecule has 0 saturated heterocycles. The fraction of sp³-hybridized carbons (Fsp3) is 0.222. The standard InChI is InChI=1S/C18H18N2O3/c1-12-4-6-13(7-5-12)17(21)20-16(11-15-3-2-10-23-15)18(22)19-14-8-9-14/h2-7,10-11,14H,8-9H2,1H3,(H,19,22)(H,20,21)/b16-11-. The van der Waals surface area contributed by atoms with Crippen molar-refractivity contribution < 1.29 is 14.0 Å². The van der Waals surface area contributed by atoms with Gasteiger partial charge >= 0.3 is 0 Å². The van der Waals surface area contributed by atoms with Crippen molar-refractivity contribution in [3.8, 4) is 0 Å². The second-order valence-corrected chi connectivity index (χ2v) is 5.64. The first-order chi connectivity index (χ1) is 11.1. The summed E-state index contributed by atoms with van der Waals surface area (Å²) < 4.78 is 5.23. The Morgan fingerprint density at radius 2 is 1.91 bits per heavy atom.